The lowest BCUT2D eigenvalue weighted by Crippen LogP contribution is -2.40. The summed E-state index contributed by atoms with van der Waals surface area (Å²) >= 11 is 0. The van der Waals surface area contributed by atoms with Crippen molar-refractivity contribution in [2.24, 2.45) is 0 Å². The fourth-order valence-corrected chi connectivity index (χ4v) is 3.77. The average molecular weight is 362 g/mol. The molecule has 0 bridgehead atoms. The predicted octanol–water partition coefficient (Wildman–Crippen LogP) is 3.64. The summed E-state index contributed by atoms with van der Waals surface area (Å²) in [6.45, 7) is 8.60. The zero-order chi connectivity index (χ0) is 18.6. The van der Waals surface area contributed by atoms with Crippen molar-refractivity contribution in [3.05, 3.63) is 71.8 Å². The van der Waals surface area contributed by atoms with E-state index in [0.717, 1.165) is 38.7 Å². The summed E-state index contributed by atoms with van der Waals surface area (Å²) in [4.78, 5) is 11.4. The molecule has 1 atom stereocenters. The Morgan fingerprint density at radius 2 is 1.81 bits per heavy atom. The van der Waals surface area contributed by atoms with E-state index in [9.17, 15) is 0 Å². The minimum atomic E-state index is 0.273. The fraction of sp³-hybridized carbons (Fsp3) is 0.364. The van der Waals surface area contributed by atoms with Crippen molar-refractivity contribution >= 4 is 0 Å². The number of hydrogen-bond acceptors (Lipinski definition) is 4. The van der Waals surface area contributed by atoms with Crippen LogP contribution in [0.4, 0.5) is 0 Å². The summed E-state index contributed by atoms with van der Waals surface area (Å²) in [6.07, 6.45) is 7.75. The summed E-state index contributed by atoms with van der Waals surface area (Å²) in [6, 6.07) is 11.1. The van der Waals surface area contributed by atoms with E-state index in [4.69, 9.17) is 4.74 Å². The van der Waals surface area contributed by atoms with Gasteiger partial charge >= 0.3 is 0 Å². The highest BCUT2D eigenvalue weighted by atomic mass is 16.5. The third kappa shape index (κ3) is 3.94. The van der Waals surface area contributed by atoms with Gasteiger partial charge in [-0.3, -0.25) is 9.88 Å². The quantitative estimate of drug-likeness (QED) is 0.695. The molecule has 4 rings (SSSR count). The first-order chi connectivity index (χ1) is 13.2. The summed E-state index contributed by atoms with van der Waals surface area (Å²) in [7, 11) is 0. The van der Waals surface area contributed by atoms with Gasteiger partial charge in [0.15, 0.2) is 0 Å². The molecule has 5 nitrogen and oxygen atoms in total. The monoisotopic (exact) mass is 362 g/mol. The number of hydrogen-bond donors (Lipinski definition) is 0. The largest absolute Gasteiger partial charge is 0.379 e. The van der Waals surface area contributed by atoms with Gasteiger partial charge in [0.2, 0.25) is 0 Å². The number of nitrogens with zero attached hydrogens (tertiary/aromatic N) is 4. The highest BCUT2D eigenvalue weighted by Crippen LogP contribution is 2.28. The van der Waals surface area contributed by atoms with Gasteiger partial charge in [-0.1, -0.05) is 17.7 Å². The molecule has 1 aliphatic rings. The molecule has 5 heteroatoms. The van der Waals surface area contributed by atoms with E-state index in [1.165, 1.54) is 22.3 Å². The van der Waals surface area contributed by atoms with Gasteiger partial charge < -0.3 is 9.30 Å². The normalized spacial score (nSPS) is 16.4. The maximum absolute atomic E-state index is 5.57. The van der Waals surface area contributed by atoms with Crippen LogP contribution in [0, 0.1) is 13.8 Å². The standard InChI is InChI=1S/C22H26N4O/c1-17-3-4-18(2)20(15-17)22-24-9-10-26(22)16-21(19-5-7-23-8-6-19)25-11-13-27-14-12-25/h3-10,15,21H,11-14,16H2,1-2H3/t21-/m1/s1. The summed E-state index contributed by atoms with van der Waals surface area (Å²) in [5.41, 5.74) is 4.99. The molecule has 0 N–H and O–H groups in total. The van der Waals surface area contributed by atoms with Gasteiger partial charge in [-0.15, -0.1) is 0 Å². The number of ether oxygens (including phenoxy) is 1. The molecule has 1 aromatic carbocycles. The third-order valence-electron chi connectivity index (χ3n) is 5.30. The summed E-state index contributed by atoms with van der Waals surface area (Å²) < 4.78 is 7.85. The van der Waals surface area contributed by atoms with Crippen LogP contribution in [-0.4, -0.2) is 45.7 Å². The topological polar surface area (TPSA) is 43.2 Å². The Bertz CT molecular complexity index is 884. The lowest BCUT2D eigenvalue weighted by molar-refractivity contribution is 0.0124. The molecule has 3 heterocycles. The van der Waals surface area contributed by atoms with E-state index >= 15 is 0 Å². The first kappa shape index (κ1) is 17.9. The maximum Gasteiger partial charge on any atom is 0.140 e. The third-order valence-corrected chi connectivity index (χ3v) is 5.30. The Labute approximate surface area is 160 Å². The second kappa shape index (κ2) is 8.03. The van der Waals surface area contributed by atoms with Crippen molar-refractivity contribution < 1.29 is 4.74 Å². The fourth-order valence-electron chi connectivity index (χ4n) is 3.77. The Morgan fingerprint density at radius 1 is 1.04 bits per heavy atom. The lowest BCUT2D eigenvalue weighted by Gasteiger charge is -2.35. The Morgan fingerprint density at radius 3 is 2.59 bits per heavy atom. The minimum Gasteiger partial charge on any atom is -0.379 e. The van der Waals surface area contributed by atoms with Crippen molar-refractivity contribution in [1.82, 2.24) is 19.4 Å². The molecule has 0 amide bonds. The van der Waals surface area contributed by atoms with E-state index < -0.39 is 0 Å². The Hall–Kier alpha value is -2.50. The molecular formula is C22H26N4O. The molecule has 3 aromatic rings. The minimum absolute atomic E-state index is 0.273. The van der Waals surface area contributed by atoms with E-state index in [1.54, 1.807) is 0 Å². The van der Waals surface area contributed by atoms with Crippen LogP contribution in [0.3, 0.4) is 0 Å². The van der Waals surface area contributed by atoms with Crippen LogP contribution in [0.5, 0.6) is 0 Å². The van der Waals surface area contributed by atoms with E-state index in [1.807, 2.05) is 18.6 Å². The van der Waals surface area contributed by atoms with Gasteiger partial charge in [-0.2, -0.15) is 0 Å². The summed E-state index contributed by atoms with van der Waals surface area (Å²) in [5.74, 6) is 1.03. The predicted molar refractivity (Wildman–Crippen MR) is 107 cm³/mol. The number of benzene rings is 1. The maximum atomic E-state index is 5.57. The van der Waals surface area contributed by atoms with E-state index in [2.05, 4.69) is 69.8 Å². The second-order valence-electron chi connectivity index (χ2n) is 7.17. The SMILES string of the molecule is Cc1ccc(C)c(-c2nccn2C[C@H](c2ccncc2)N2CCOCC2)c1. The van der Waals surface area contributed by atoms with Crippen LogP contribution in [0.15, 0.2) is 55.1 Å². The molecule has 0 saturated carbocycles. The Balaban J connectivity index is 1.68. The van der Waals surface area contributed by atoms with Gasteiger partial charge in [0.25, 0.3) is 0 Å². The Kier molecular flexibility index (Phi) is 5.32. The first-order valence-corrected chi connectivity index (χ1v) is 9.53. The lowest BCUT2D eigenvalue weighted by atomic mass is 10.0. The zero-order valence-corrected chi connectivity index (χ0v) is 16.0. The zero-order valence-electron chi connectivity index (χ0n) is 16.0. The molecule has 1 fully saturated rings. The van der Waals surface area contributed by atoms with Crippen LogP contribution >= 0.6 is 0 Å². The second-order valence-corrected chi connectivity index (χ2v) is 7.17. The molecule has 1 aliphatic heterocycles. The van der Waals surface area contributed by atoms with Gasteiger partial charge in [0.05, 0.1) is 19.3 Å². The van der Waals surface area contributed by atoms with Gasteiger partial charge in [0, 0.05) is 50.0 Å². The highest BCUT2D eigenvalue weighted by Gasteiger charge is 2.24. The number of rotatable bonds is 5. The molecule has 0 aliphatic carbocycles. The summed E-state index contributed by atoms with van der Waals surface area (Å²) in [5, 5.41) is 0. The number of aromatic nitrogens is 3. The number of imidazole rings is 1. The molecule has 2 aromatic heterocycles. The van der Waals surface area contributed by atoms with Gasteiger partial charge in [0.1, 0.15) is 5.82 Å². The number of aryl methyl sites for hydroxylation is 2. The van der Waals surface area contributed by atoms with Crippen molar-refractivity contribution in [1.29, 1.82) is 0 Å². The molecular weight excluding hydrogens is 336 g/mol. The van der Waals surface area contributed by atoms with Crippen LogP contribution in [0.1, 0.15) is 22.7 Å². The average Bonchev–Trinajstić information content (AvgIpc) is 3.17. The van der Waals surface area contributed by atoms with Crippen LogP contribution in [0.2, 0.25) is 0 Å². The van der Waals surface area contributed by atoms with Gasteiger partial charge in [-0.05, 0) is 43.2 Å². The molecule has 140 valence electrons. The molecule has 0 radical (unpaired) electrons. The van der Waals surface area contributed by atoms with Crippen molar-refractivity contribution in [3.63, 3.8) is 0 Å². The van der Waals surface area contributed by atoms with E-state index in [0.29, 0.717) is 0 Å². The van der Waals surface area contributed by atoms with Crippen LogP contribution < -0.4 is 0 Å². The smallest absolute Gasteiger partial charge is 0.140 e. The van der Waals surface area contributed by atoms with Crippen molar-refractivity contribution in [2.45, 2.75) is 26.4 Å². The number of morpholine rings is 1. The molecule has 0 spiro atoms. The molecule has 1 saturated heterocycles. The molecule has 0 unspecified atom stereocenters. The van der Waals surface area contributed by atoms with Crippen LogP contribution in [-0.2, 0) is 11.3 Å². The van der Waals surface area contributed by atoms with E-state index in [-0.39, 0.29) is 6.04 Å². The van der Waals surface area contributed by atoms with Crippen molar-refractivity contribution in [3.8, 4) is 11.4 Å². The van der Waals surface area contributed by atoms with Crippen molar-refractivity contribution in [2.75, 3.05) is 26.3 Å². The first-order valence-electron chi connectivity index (χ1n) is 9.53. The highest BCUT2D eigenvalue weighted by molar-refractivity contribution is 5.61. The number of pyridine rings is 1. The van der Waals surface area contributed by atoms with Gasteiger partial charge in [-0.25, -0.2) is 4.98 Å². The molecule has 27 heavy (non-hydrogen) atoms. The van der Waals surface area contributed by atoms with Crippen LogP contribution in [0.25, 0.3) is 11.4 Å².